The van der Waals surface area contributed by atoms with Crippen molar-refractivity contribution in [3.05, 3.63) is 17.5 Å². The van der Waals surface area contributed by atoms with Crippen molar-refractivity contribution in [2.75, 3.05) is 0 Å². The lowest BCUT2D eigenvalue weighted by molar-refractivity contribution is -0.139. The van der Waals surface area contributed by atoms with Crippen LogP contribution in [0.25, 0.3) is 0 Å². The molecule has 2 N–H and O–H groups in total. The summed E-state index contributed by atoms with van der Waals surface area (Å²) in [5.41, 5.74) is 0.842. The van der Waals surface area contributed by atoms with Crippen molar-refractivity contribution in [1.82, 2.24) is 15.1 Å². The number of aliphatic carboxylic acids is 1. The molecule has 0 fully saturated rings. The van der Waals surface area contributed by atoms with Crippen molar-refractivity contribution < 1.29 is 19.4 Å². The van der Waals surface area contributed by atoms with Crippen LogP contribution >= 0.6 is 0 Å². The van der Waals surface area contributed by atoms with Crippen LogP contribution in [0, 0.1) is 6.92 Å². The highest BCUT2D eigenvalue weighted by Gasteiger charge is 2.25. The van der Waals surface area contributed by atoms with E-state index in [-0.39, 0.29) is 6.42 Å². The smallest absolute Gasteiger partial charge is 0.408 e. The number of carbonyl (C=O) groups excluding carboxylic acids is 1. The van der Waals surface area contributed by atoms with E-state index in [4.69, 9.17) is 4.74 Å². The van der Waals surface area contributed by atoms with Crippen LogP contribution in [0.15, 0.2) is 6.20 Å². The monoisotopic (exact) mass is 283 g/mol. The number of rotatable bonds is 4. The van der Waals surface area contributed by atoms with Crippen LogP contribution in [0.5, 0.6) is 0 Å². The van der Waals surface area contributed by atoms with E-state index in [1.807, 2.05) is 6.92 Å². The van der Waals surface area contributed by atoms with Gasteiger partial charge >= 0.3 is 12.1 Å². The van der Waals surface area contributed by atoms with Gasteiger partial charge in [0.2, 0.25) is 0 Å². The second kappa shape index (κ2) is 5.94. The van der Waals surface area contributed by atoms with Crippen molar-refractivity contribution >= 4 is 12.1 Å². The summed E-state index contributed by atoms with van der Waals surface area (Å²) in [7, 11) is 1.76. The van der Waals surface area contributed by atoms with Gasteiger partial charge in [0, 0.05) is 19.7 Å². The number of ether oxygens (including phenoxy) is 1. The van der Waals surface area contributed by atoms with Crippen molar-refractivity contribution in [1.29, 1.82) is 0 Å². The normalized spacial score (nSPS) is 12.8. The molecule has 1 amide bonds. The van der Waals surface area contributed by atoms with Crippen LogP contribution in [0.4, 0.5) is 4.79 Å². The molecule has 1 unspecified atom stereocenters. The third-order valence-corrected chi connectivity index (χ3v) is 2.50. The number of hydrogen-bond donors (Lipinski definition) is 2. The lowest BCUT2D eigenvalue weighted by Gasteiger charge is -2.21. The summed E-state index contributed by atoms with van der Waals surface area (Å²) in [6.07, 6.45) is 1.15. The highest BCUT2D eigenvalue weighted by Crippen LogP contribution is 2.10. The Morgan fingerprint density at radius 3 is 2.50 bits per heavy atom. The molecule has 0 aliphatic heterocycles. The molecule has 0 radical (unpaired) electrons. The maximum absolute atomic E-state index is 11.6. The Bertz CT molecular complexity index is 502. The van der Waals surface area contributed by atoms with Gasteiger partial charge in [-0.3, -0.25) is 4.68 Å². The molecular weight excluding hydrogens is 262 g/mol. The van der Waals surface area contributed by atoms with Gasteiger partial charge in [0.25, 0.3) is 0 Å². The number of nitrogens with one attached hydrogen (secondary N) is 1. The van der Waals surface area contributed by atoms with Gasteiger partial charge in [-0.15, -0.1) is 0 Å². The van der Waals surface area contributed by atoms with Gasteiger partial charge in [-0.2, -0.15) is 5.10 Å². The number of carboxylic acid groups (broad SMARTS) is 1. The first-order chi connectivity index (χ1) is 9.08. The van der Waals surface area contributed by atoms with Crippen molar-refractivity contribution in [3.8, 4) is 0 Å². The molecule has 112 valence electrons. The topological polar surface area (TPSA) is 93.5 Å². The summed E-state index contributed by atoms with van der Waals surface area (Å²) in [6.45, 7) is 6.98. The van der Waals surface area contributed by atoms with Crippen LogP contribution in [0.1, 0.15) is 32.0 Å². The molecular formula is C13H21N3O4. The highest BCUT2D eigenvalue weighted by molar-refractivity contribution is 5.80. The Kier molecular flexibility index (Phi) is 4.75. The van der Waals surface area contributed by atoms with E-state index in [0.29, 0.717) is 5.69 Å². The lowest BCUT2D eigenvalue weighted by Crippen LogP contribution is -2.44. The average Bonchev–Trinajstić information content (AvgIpc) is 2.53. The number of nitrogens with zero attached hydrogens (tertiary/aromatic N) is 2. The van der Waals surface area contributed by atoms with Gasteiger partial charge < -0.3 is 15.2 Å². The van der Waals surface area contributed by atoms with Gasteiger partial charge in [0.1, 0.15) is 11.6 Å². The van der Waals surface area contributed by atoms with Gasteiger partial charge in [0.05, 0.1) is 5.69 Å². The maximum Gasteiger partial charge on any atom is 0.408 e. The minimum Gasteiger partial charge on any atom is -0.480 e. The lowest BCUT2D eigenvalue weighted by atomic mass is 10.1. The van der Waals surface area contributed by atoms with E-state index in [2.05, 4.69) is 10.4 Å². The molecule has 20 heavy (non-hydrogen) atoms. The van der Waals surface area contributed by atoms with Crippen LogP contribution < -0.4 is 5.32 Å². The molecule has 0 saturated heterocycles. The Morgan fingerprint density at radius 1 is 1.50 bits per heavy atom. The molecule has 1 aromatic heterocycles. The first kappa shape index (κ1) is 16.0. The molecule has 0 aromatic carbocycles. The summed E-state index contributed by atoms with van der Waals surface area (Å²) in [6, 6.07) is -1.07. The first-order valence-electron chi connectivity index (χ1n) is 6.30. The molecule has 1 aromatic rings. The number of hydrogen-bond acceptors (Lipinski definition) is 4. The molecule has 0 spiro atoms. The fraction of sp³-hybridized carbons (Fsp3) is 0.615. The number of aromatic nitrogens is 2. The fourth-order valence-electron chi connectivity index (χ4n) is 1.70. The van der Waals surface area contributed by atoms with Crippen LogP contribution in [-0.2, 0) is 23.0 Å². The number of aryl methyl sites for hydroxylation is 2. The quantitative estimate of drug-likeness (QED) is 0.867. The molecule has 1 heterocycles. The van der Waals surface area contributed by atoms with Crippen molar-refractivity contribution in [2.24, 2.45) is 7.05 Å². The second-order valence-corrected chi connectivity index (χ2v) is 5.67. The Labute approximate surface area is 117 Å². The minimum absolute atomic E-state index is 0.112. The third kappa shape index (κ3) is 4.91. The number of carbonyl (C=O) groups is 2. The summed E-state index contributed by atoms with van der Waals surface area (Å²) >= 11 is 0. The molecule has 0 aliphatic rings. The summed E-state index contributed by atoms with van der Waals surface area (Å²) in [5, 5.41) is 15.7. The zero-order valence-electron chi connectivity index (χ0n) is 12.4. The highest BCUT2D eigenvalue weighted by atomic mass is 16.6. The molecule has 7 nitrogen and oxygen atoms in total. The Morgan fingerprint density at radius 2 is 2.10 bits per heavy atom. The summed E-state index contributed by atoms with van der Waals surface area (Å²) in [5.74, 6) is -1.12. The SMILES string of the molecule is Cc1cn(C)nc1CC(NC(=O)OC(C)(C)C)C(=O)O. The van der Waals surface area contributed by atoms with Crippen molar-refractivity contribution in [2.45, 2.75) is 45.8 Å². The fourth-order valence-corrected chi connectivity index (χ4v) is 1.70. The van der Waals surface area contributed by atoms with E-state index in [0.717, 1.165) is 5.56 Å². The molecule has 1 rings (SSSR count). The molecule has 7 heteroatoms. The second-order valence-electron chi connectivity index (χ2n) is 5.67. The number of carboxylic acids is 1. The van der Waals surface area contributed by atoms with Crippen LogP contribution in [0.3, 0.4) is 0 Å². The third-order valence-electron chi connectivity index (χ3n) is 2.50. The number of amides is 1. The largest absolute Gasteiger partial charge is 0.480 e. The summed E-state index contributed by atoms with van der Waals surface area (Å²) < 4.78 is 6.66. The van der Waals surface area contributed by atoms with Crippen LogP contribution in [0.2, 0.25) is 0 Å². The molecule has 0 aliphatic carbocycles. The zero-order chi connectivity index (χ0) is 15.5. The number of alkyl carbamates (subject to hydrolysis) is 1. The van der Waals surface area contributed by atoms with Gasteiger partial charge in [-0.05, 0) is 33.3 Å². The van der Waals surface area contributed by atoms with Gasteiger partial charge in [-0.25, -0.2) is 9.59 Å². The predicted molar refractivity (Wildman–Crippen MR) is 72.4 cm³/mol. The van der Waals surface area contributed by atoms with E-state index in [1.165, 1.54) is 0 Å². The summed E-state index contributed by atoms with van der Waals surface area (Å²) in [4.78, 5) is 22.8. The molecule has 1 atom stereocenters. The van der Waals surface area contributed by atoms with E-state index in [1.54, 1.807) is 38.7 Å². The maximum atomic E-state index is 11.6. The predicted octanol–water partition coefficient (Wildman–Crippen LogP) is 1.25. The Balaban J connectivity index is 2.73. The standard InChI is InChI=1S/C13H21N3O4/c1-8-7-16(5)15-9(8)6-10(11(17)18)14-12(19)20-13(2,3)4/h7,10H,6H2,1-5H3,(H,14,19)(H,17,18). The van der Waals surface area contributed by atoms with Crippen molar-refractivity contribution in [3.63, 3.8) is 0 Å². The zero-order valence-corrected chi connectivity index (χ0v) is 12.4. The molecule has 0 bridgehead atoms. The Hall–Kier alpha value is -2.05. The minimum atomic E-state index is -1.12. The average molecular weight is 283 g/mol. The van der Waals surface area contributed by atoms with E-state index < -0.39 is 23.7 Å². The van der Waals surface area contributed by atoms with Gasteiger partial charge in [-0.1, -0.05) is 0 Å². The van der Waals surface area contributed by atoms with Crippen LogP contribution in [-0.4, -0.2) is 38.6 Å². The van der Waals surface area contributed by atoms with E-state index >= 15 is 0 Å². The van der Waals surface area contributed by atoms with Gasteiger partial charge in [0.15, 0.2) is 0 Å². The molecule has 0 saturated carbocycles. The van der Waals surface area contributed by atoms with E-state index in [9.17, 15) is 14.7 Å². The first-order valence-corrected chi connectivity index (χ1v) is 6.30.